The number of halogens is 1. The van der Waals surface area contributed by atoms with Crippen molar-refractivity contribution >= 4 is 34.6 Å². The minimum Gasteiger partial charge on any atom is -0.478 e. The Bertz CT molecular complexity index is 668. The van der Waals surface area contributed by atoms with Gasteiger partial charge in [0.25, 0.3) is 0 Å². The largest absolute Gasteiger partial charge is 0.478 e. The lowest BCUT2D eigenvalue weighted by Crippen LogP contribution is -2.33. The molecule has 0 spiro atoms. The summed E-state index contributed by atoms with van der Waals surface area (Å²) < 4.78 is 0. The van der Waals surface area contributed by atoms with Crippen molar-refractivity contribution in [2.75, 3.05) is 11.4 Å². The molecule has 1 unspecified atom stereocenters. The van der Waals surface area contributed by atoms with Gasteiger partial charge in [0, 0.05) is 17.1 Å². The molecule has 1 aromatic heterocycles. The molecule has 0 bridgehead atoms. The third kappa shape index (κ3) is 2.19. The molecule has 0 saturated heterocycles. The van der Waals surface area contributed by atoms with Crippen LogP contribution in [0.15, 0.2) is 29.6 Å². The van der Waals surface area contributed by atoms with E-state index in [1.54, 1.807) is 23.5 Å². The number of carboxylic acids is 1. The van der Waals surface area contributed by atoms with E-state index in [0.29, 0.717) is 5.02 Å². The number of benzene rings is 1. The second kappa shape index (κ2) is 5.11. The quantitative estimate of drug-likeness (QED) is 0.903. The summed E-state index contributed by atoms with van der Waals surface area (Å²) in [7, 11) is 0. The van der Waals surface area contributed by atoms with Crippen LogP contribution in [0.1, 0.15) is 33.8 Å². The fourth-order valence-electron chi connectivity index (χ4n) is 2.72. The van der Waals surface area contributed by atoms with Crippen LogP contribution in [0.25, 0.3) is 0 Å². The summed E-state index contributed by atoms with van der Waals surface area (Å²) in [5.74, 6) is -0.992. The Morgan fingerprint density at radius 1 is 1.45 bits per heavy atom. The van der Waals surface area contributed by atoms with Crippen molar-refractivity contribution in [3.05, 3.63) is 50.7 Å². The van der Waals surface area contributed by atoms with Crippen LogP contribution in [0.3, 0.4) is 0 Å². The monoisotopic (exact) mass is 307 g/mol. The Kier molecular flexibility index (Phi) is 3.44. The summed E-state index contributed by atoms with van der Waals surface area (Å²) in [6, 6.07) is 7.62. The van der Waals surface area contributed by atoms with Crippen LogP contribution in [0.4, 0.5) is 5.69 Å². The zero-order valence-electron chi connectivity index (χ0n) is 11.0. The number of carboxylic acid groups (broad SMARTS) is 1. The average Bonchev–Trinajstić information content (AvgIpc) is 2.87. The van der Waals surface area contributed by atoms with Crippen molar-refractivity contribution in [1.82, 2.24) is 0 Å². The number of fused-ring (bicyclic) bond motifs is 1. The van der Waals surface area contributed by atoms with Gasteiger partial charge in [-0.2, -0.15) is 0 Å². The van der Waals surface area contributed by atoms with Gasteiger partial charge in [-0.1, -0.05) is 11.6 Å². The SMILES string of the molecule is CC1c2ccsc2CCN1c1ccc(C(=O)O)c(Cl)c1. The van der Waals surface area contributed by atoms with Crippen LogP contribution in [0.2, 0.25) is 5.02 Å². The highest BCUT2D eigenvalue weighted by atomic mass is 35.5. The number of anilines is 1. The highest BCUT2D eigenvalue weighted by Gasteiger charge is 2.25. The van der Waals surface area contributed by atoms with E-state index in [1.165, 1.54) is 10.4 Å². The van der Waals surface area contributed by atoms with Gasteiger partial charge in [0.1, 0.15) is 0 Å². The van der Waals surface area contributed by atoms with Gasteiger partial charge >= 0.3 is 5.97 Å². The number of rotatable bonds is 2. The maximum Gasteiger partial charge on any atom is 0.337 e. The number of nitrogens with zero attached hydrogens (tertiary/aromatic N) is 1. The zero-order valence-corrected chi connectivity index (χ0v) is 12.5. The molecule has 1 atom stereocenters. The van der Waals surface area contributed by atoms with E-state index in [4.69, 9.17) is 16.7 Å². The van der Waals surface area contributed by atoms with Crippen LogP contribution in [-0.2, 0) is 6.42 Å². The van der Waals surface area contributed by atoms with Crippen LogP contribution in [0, 0.1) is 0 Å². The first-order chi connectivity index (χ1) is 9.58. The summed E-state index contributed by atoms with van der Waals surface area (Å²) in [5.41, 5.74) is 2.49. The molecule has 1 aromatic carbocycles. The van der Waals surface area contributed by atoms with Crippen molar-refractivity contribution in [1.29, 1.82) is 0 Å². The van der Waals surface area contributed by atoms with Gasteiger partial charge in [-0.3, -0.25) is 0 Å². The van der Waals surface area contributed by atoms with Crippen LogP contribution in [0.5, 0.6) is 0 Å². The van der Waals surface area contributed by atoms with Crippen molar-refractivity contribution in [2.24, 2.45) is 0 Å². The van der Waals surface area contributed by atoms with Gasteiger partial charge in [-0.15, -0.1) is 11.3 Å². The lowest BCUT2D eigenvalue weighted by molar-refractivity contribution is 0.0697. The molecule has 20 heavy (non-hydrogen) atoms. The number of carbonyl (C=O) groups is 1. The summed E-state index contributed by atoms with van der Waals surface area (Å²) >= 11 is 7.87. The summed E-state index contributed by atoms with van der Waals surface area (Å²) in [5, 5.41) is 11.4. The Morgan fingerprint density at radius 2 is 2.25 bits per heavy atom. The van der Waals surface area contributed by atoms with Gasteiger partial charge in [0.2, 0.25) is 0 Å². The van der Waals surface area contributed by atoms with Gasteiger partial charge in [-0.25, -0.2) is 4.79 Å². The molecule has 2 aromatic rings. The number of hydrogen-bond acceptors (Lipinski definition) is 3. The summed E-state index contributed by atoms with van der Waals surface area (Å²) in [6.07, 6.45) is 1.02. The number of thiophene rings is 1. The average molecular weight is 308 g/mol. The van der Waals surface area contributed by atoms with Gasteiger partial charge in [-0.05, 0) is 48.6 Å². The maximum atomic E-state index is 11.0. The normalized spacial score (nSPS) is 17.9. The fourth-order valence-corrected chi connectivity index (χ4v) is 3.94. The third-order valence-corrected chi connectivity index (χ3v) is 5.10. The molecule has 0 radical (unpaired) electrons. The topological polar surface area (TPSA) is 40.5 Å². The molecule has 3 nitrogen and oxygen atoms in total. The van der Waals surface area contributed by atoms with Crippen molar-refractivity contribution < 1.29 is 9.90 Å². The fraction of sp³-hybridized carbons (Fsp3) is 0.267. The van der Waals surface area contributed by atoms with Gasteiger partial charge in [0.15, 0.2) is 0 Å². The maximum absolute atomic E-state index is 11.0. The molecule has 0 aliphatic carbocycles. The summed E-state index contributed by atoms with van der Waals surface area (Å²) in [4.78, 5) is 14.7. The smallest absolute Gasteiger partial charge is 0.337 e. The predicted molar refractivity (Wildman–Crippen MR) is 82.2 cm³/mol. The van der Waals surface area contributed by atoms with E-state index in [-0.39, 0.29) is 11.6 Å². The Hall–Kier alpha value is -1.52. The molecule has 5 heteroatoms. The Morgan fingerprint density at radius 3 is 2.95 bits per heavy atom. The van der Waals surface area contributed by atoms with Crippen molar-refractivity contribution in [2.45, 2.75) is 19.4 Å². The molecule has 2 heterocycles. The lowest BCUT2D eigenvalue weighted by Gasteiger charge is -2.35. The number of hydrogen-bond donors (Lipinski definition) is 1. The predicted octanol–water partition coefficient (Wildman–Crippen LogP) is 4.22. The van der Waals surface area contributed by atoms with E-state index in [2.05, 4.69) is 23.3 Å². The minimum atomic E-state index is -0.992. The molecule has 0 saturated carbocycles. The number of aromatic carboxylic acids is 1. The second-order valence-corrected chi connectivity index (χ2v) is 6.30. The minimum absolute atomic E-state index is 0.149. The molecular weight excluding hydrogens is 294 g/mol. The van der Waals surface area contributed by atoms with Crippen LogP contribution in [-0.4, -0.2) is 17.6 Å². The van der Waals surface area contributed by atoms with E-state index in [1.807, 2.05) is 6.07 Å². The van der Waals surface area contributed by atoms with E-state index in [0.717, 1.165) is 18.7 Å². The van der Waals surface area contributed by atoms with E-state index < -0.39 is 5.97 Å². The molecule has 1 N–H and O–H groups in total. The van der Waals surface area contributed by atoms with Crippen LogP contribution >= 0.6 is 22.9 Å². The molecule has 1 aliphatic rings. The highest BCUT2D eigenvalue weighted by molar-refractivity contribution is 7.10. The van der Waals surface area contributed by atoms with E-state index >= 15 is 0 Å². The van der Waals surface area contributed by atoms with Gasteiger partial charge < -0.3 is 10.0 Å². The Balaban J connectivity index is 1.95. The molecule has 3 rings (SSSR count). The highest BCUT2D eigenvalue weighted by Crippen LogP contribution is 2.37. The van der Waals surface area contributed by atoms with E-state index in [9.17, 15) is 4.79 Å². The van der Waals surface area contributed by atoms with Crippen molar-refractivity contribution in [3.63, 3.8) is 0 Å². The molecule has 0 amide bonds. The third-order valence-electron chi connectivity index (χ3n) is 3.79. The first kappa shape index (κ1) is 13.5. The zero-order chi connectivity index (χ0) is 14.3. The summed E-state index contributed by atoms with van der Waals surface area (Å²) in [6.45, 7) is 3.10. The second-order valence-electron chi connectivity index (χ2n) is 4.89. The molecule has 0 fully saturated rings. The molecule has 104 valence electrons. The lowest BCUT2D eigenvalue weighted by atomic mass is 10.0. The van der Waals surface area contributed by atoms with Crippen LogP contribution < -0.4 is 4.90 Å². The standard InChI is InChI=1S/C15H14ClNO2S/c1-9-11-5-7-20-14(11)4-6-17(9)10-2-3-12(15(18)19)13(16)8-10/h2-3,5,7-9H,4,6H2,1H3,(H,18,19). The first-order valence-electron chi connectivity index (χ1n) is 6.43. The van der Waals surface area contributed by atoms with Gasteiger partial charge in [0.05, 0.1) is 16.6 Å². The molecular formula is C15H14ClNO2S. The van der Waals surface area contributed by atoms with Crippen molar-refractivity contribution in [3.8, 4) is 0 Å². The Labute approximate surface area is 126 Å². The molecule has 1 aliphatic heterocycles. The first-order valence-corrected chi connectivity index (χ1v) is 7.69.